The maximum absolute atomic E-state index is 12.5. The van der Waals surface area contributed by atoms with Crippen LogP contribution in [-0.2, 0) is 10.2 Å². The number of thioether (sulfide) groups is 1. The van der Waals surface area contributed by atoms with Crippen LogP contribution < -0.4 is 5.32 Å². The molecule has 1 rings (SSSR count). The third-order valence-corrected chi connectivity index (χ3v) is 6.95. The van der Waals surface area contributed by atoms with Crippen LogP contribution in [0.15, 0.2) is 0 Å². The van der Waals surface area contributed by atoms with Crippen LogP contribution in [-0.4, -0.2) is 67.3 Å². The van der Waals surface area contributed by atoms with Gasteiger partial charge in [-0.25, -0.2) is 0 Å². The van der Waals surface area contributed by atoms with Gasteiger partial charge in [-0.2, -0.15) is 28.8 Å². The maximum atomic E-state index is 12.5. The molecule has 0 atom stereocenters. The van der Waals surface area contributed by atoms with E-state index in [9.17, 15) is 8.42 Å². The number of hydrogen-bond donors (Lipinski definition) is 1. The molecule has 0 unspecified atom stereocenters. The van der Waals surface area contributed by atoms with E-state index in [1.54, 1.807) is 11.4 Å². The Hall–Kier alpha value is 0.180. The van der Waals surface area contributed by atoms with Crippen molar-refractivity contribution < 1.29 is 8.42 Å². The van der Waals surface area contributed by atoms with Crippen molar-refractivity contribution in [1.29, 1.82) is 0 Å². The molecule has 20 heavy (non-hydrogen) atoms. The van der Waals surface area contributed by atoms with Gasteiger partial charge in [0.15, 0.2) is 0 Å². The maximum Gasteiger partial charge on any atom is 0.281 e. The highest BCUT2D eigenvalue weighted by Crippen LogP contribution is 2.31. The molecule has 0 aromatic heterocycles. The van der Waals surface area contributed by atoms with Crippen molar-refractivity contribution in [3.63, 3.8) is 0 Å². The van der Waals surface area contributed by atoms with E-state index in [2.05, 4.69) is 26.1 Å². The Morgan fingerprint density at radius 1 is 1.35 bits per heavy atom. The fourth-order valence-electron chi connectivity index (χ4n) is 2.15. The second kappa shape index (κ2) is 7.98. The van der Waals surface area contributed by atoms with Crippen molar-refractivity contribution in [3.05, 3.63) is 0 Å². The smallest absolute Gasteiger partial charge is 0.281 e. The van der Waals surface area contributed by atoms with Crippen LogP contribution in [0, 0.1) is 0 Å². The molecule has 1 saturated heterocycles. The van der Waals surface area contributed by atoms with Gasteiger partial charge in [-0.05, 0) is 25.9 Å². The van der Waals surface area contributed by atoms with Crippen molar-refractivity contribution in [1.82, 2.24) is 13.9 Å². The van der Waals surface area contributed by atoms with Crippen molar-refractivity contribution in [3.8, 4) is 0 Å². The molecule has 0 bridgehead atoms. The Labute approximate surface area is 128 Å². The number of nitrogens with one attached hydrogen (secondary N) is 1. The van der Waals surface area contributed by atoms with Crippen LogP contribution in [0.3, 0.4) is 0 Å². The van der Waals surface area contributed by atoms with E-state index in [1.807, 2.05) is 11.8 Å². The molecular weight excluding hydrogens is 294 g/mol. The molecule has 0 spiro atoms. The highest BCUT2D eigenvalue weighted by atomic mass is 32.2. The zero-order valence-electron chi connectivity index (χ0n) is 13.2. The van der Waals surface area contributed by atoms with Gasteiger partial charge >= 0.3 is 0 Å². The zero-order valence-corrected chi connectivity index (χ0v) is 14.8. The predicted molar refractivity (Wildman–Crippen MR) is 87.4 cm³/mol. The lowest BCUT2D eigenvalue weighted by Gasteiger charge is -2.27. The predicted octanol–water partition coefficient (Wildman–Crippen LogP) is 1.38. The van der Waals surface area contributed by atoms with Crippen molar-refractivity contribution >= 4 is 22.0 Å². The van der Waals surface area contributed by atoms with Crippen LogP contribution in [0.5, 0.6) is 0 Å². The van der Waals surface area contributed by atoms with E-state index in [0.717, 1.165) is 31.7 Å². The van der Waals surface area contributed by atoms with Gasteiger partial charge in [0, 0.05) is 37.2 Å². The molecular formula is C13H29N3O2S2. The van der Waals surface area contributed by atoms with Crippen LogP contribution in [0.1, 0.15) is 33.6 Å². The first-order valence-corrected chi connectivity index (χ1v) is 9.74. The minimum Gasteiger partial charge on any atom is -0.317 e. The normalized spacial score (nSPS) is 21.1. The highest BCUT2D eigenvalue weighted by Gasteiger charge is 2.31. The third kappa shape index (κ3) is 5.52. The summed E-state index contributed by atoms with van der Waals surface area (Å²) in [6.07, 6.45) is 1.75. The molecule has 0 aromatic rings. The molecule has 5 nitrogen and oxygen atoms in total. The van der Waals surface area contributed by atoms with E-state index < -0.39 is 10.2 Å². The molecule has 0 radical (unpaired) electrons. The van der Waals surface area contributed by atoms with E-state index in [1.165, 1.54) is 4.31 Å². The topological polar surface area (TPSA) is 52.7 Å². The lowest BCUT2D eigenvalue weighted by atomic mass is 10.1. The summed E-state index contributed by atoms with van der Waals surface area (Å²) < 4.78 is 28.4. The van der Waals surface area contributed by atoms with Crippen LogP contribution >= 0.6 is 11.8 Å². The Morgan fingerprint density at radius 3 is 2.70 bits per heavy atom. The van der Waals surface area contributed by atoms with E-state index in [0.29, 0.717) is 19.6 Å². The molecule has 0 aromatic carbocycles. The summed E-state index contributed by atoms with van der Waals surface area (Å²) >= 11 is 1.86. The van der Waals surface area contributed by atoms with Gasteiger partial charge in [-0.3, -0.25) is 0 Å². The summed E-state index contributed by atoms with van der Waals surface area (Å²) in [6.45, 7) is 10.0. The second-order valence-electron chi connectivity index (χ2n) is 5.79. The largest absolute Gasteiger partial charge is 0.317 e. The number of rotatable bonds is 7. The summed E-state index contributed by atoms with van der Waals surface area (Å²) in [6, 6.07) is 0. The number of hydrogen-bond acceptors (Lipinski definition) is 4. The molecule has 0 aliphatic carbocycles. The van der Waals surface area contributed by atoms with E-state index in [-0.39, 0.29) is 4.75 Å². The molecule has 1 heterocycles. The molecule has 0 saturated carbocycles. The standard InChI is InChI=1S/C13H29N3O2S2/c1-5-14-8-6-9-15(4)20(17,18)16-10-7-13(2,3)19-12-11-16/h14H,5-12H2,1-4H3. The van der Waals surface area contributed by atoms with E-state index in [4.69, 9.17) is 0 Å². The fraction of sp³-hybridized carbons (Fsp3) is 1.00. The molecule has 1 fully saturated rings. The van der Waals surface area contributed by atoms with Gasteiger partial charge in [0.05, 0.1) is 0 Å². The van der Waals surface area contributed by atoms with Gasteiger partial charge in [-0.1, -0.05) is 20.8 Å². The van der Waals surface area contributed by atoms with Gasteiger partial charge in [-0.15, -0.1) is 0 Å². The van der Waals surface area contributed by atoms with Gasteiger partial charge < -0.3 is 5.32 Å². The molecule has 1 N–H and O–H groups in total. The van der Waals surface area contributed by atoms with Crippen LogP contribution in [0.4, 0.5) is 0 Å². The zero-order chi connectivity index (χ0) is 15.2. The highest BCUT2D eigenvalue weighted by molar-refractivity contribution is 8.00. The van der Waals surface area contributed by atoms with Gasteiger partial charge in [0.25, 0.3) is 10.2 Å². The summed E-state index contributed by atoms with van der Waals surface area (Å²) in [5.41, 5.74) is 0. The van der Waals surface area contributed by atoms with Gasteiger partial charge in [0.2, 0.25) is 0 Å². The summed E-state index contributed by atoms with van der Waals surface area (Å²) in [5.74, 6) is 0.872. The van der Waals surface area contributed by atoms with Crippen molar-refractivity contribution in [2.24, 2.45) is 0 Å². The summed E-state index contributed by atoms with van der Waals surface area (Å²) in [4.78, 5) is 0. The Morgan fingerprint density at radius 2 is 2.05 bits per heavy atom. The van der Waals surface area contributed by atoms with Crippen molar-refractivity contribution in [2.75, 3.05) is 45.5 Å². The molecule has 1 aliphatic rings. The quantitative estimate of drug-likeness (QED) is 0.719. The minimum atomic E-state index is -3.30. The minimum absolute atomic E-state index is 0.174. The second-order valence-corrected chi connectivity index (χ2v) is 9.63. The fourth-order valence-corrected chi connectivity index (χ4v) is 4.76. The first kappa shape index (κ1) is 18.2. The summed E-state index contributed by atoms with van der Waals surface area (Å²) in [5, 5.41) is 3.22. The summed E-state index contributed by atoms with van der Waals surface area (Å²) in [7, 11) is -1.61. The van der Waals surface area contributed by atoms with Crippen molar-refractivity contribution in [2.45, 2.75) is 38.4 Å². The average Bonchev–Trinajstić information content (AvgIpc) is 2.55. The first-order valence-electron chi connectivity index (χ1n) is 7.35. The molecule has 1 aliphatic heterocycles. The Bertz CT molecular complexity index is 385. The Balaban J connectivity index is 2.54. The van der Waals surface area contributed by atoms with Crippen LogP contribution in [0.2, 0.25) is 0 Å². The molecule has 0 amide bonds. The van der Waals surface area contributed by atoms with Crippen LogP contribution in [0.25, 0.3) is 0 Å². The lowest BCUT2D eigenvalue weighted by Crippen LogP contribution is -2.43. The average molecular weight is 324 g/mol. The first-order chi connectivity index (χ1) is 9.29. The number of nitrogens with zero attached hydrogens (tertiary/aromatic N) is 2. The Kier molecular flexibility index (Phi) is 7.28. The SMILES string of the molecule is CCNCCCN(C)S(=O)(=O)N1CCSC(C)(C)CC1. The molecule has 7 heteroatoms. The third-order valence-electron chi connectivity index (χ3n) is 3.59. The molecule has 120 valence electrons. The van der Waals surface area contributed by atoms with E-state index >= 15 is 0 Å². The monoisotopic (exact) mass is 323 g/mol. The lowest BCUT2D eigenvalue weighted by molar-refractivity contribution is 0.360. The van der Waals surface area contributed by atoms with Gasteiger partial charge in [0.1, 0.15) is 0 Å².